The highest BCUT2D eigenvalue weighted by atomic mass is 32.2. The van der Waals surface area contributed by atoms with Crippen LogP contribution in [0, 0.1) is 0 Å². The van der Waals surface area contributed by atoms with Crippen LogP contribution in [-0.4, -0.2) is 17.7 Å². The molecule has 0 unspecified atom stereocenters. The van der Waals surface area contributed by atoms with Gasteiger partial charge in [-0.3, -0.25) is 0 Å². The molecule has 0 atom stereocenters. The van der Waals surface area contributed by atoms with Crippen LogP contribution in [0.2, 0.25) is 0 Å². The smallest absolute Gasteiger partial charge is 0.277 e. The Bertz CT molecular complexity index is 374. The third-order valence-corrected chi connectivity index (χ3v) is 2.96. The Morgan fingerprint density at radius 1 is 1.33 bits per heavy atom. The molecule has 1 aromatic rings. The number of nitrogens with two attached hydrogens (primary N) is 1. The van der Waals surface area contributed by atoms with E-state index in [0.29, 0.717) is 13.1 Å². The Morgan fingerprint density at radius 3 is 2.25 bits per heavy atom. The first kappa shape index (κ1) is 7.78. The van der Waals surface area contributed by atoms with Crippen LogP contribution in [0.3, 0.4) is 0 Å². The summed E-state index contributed by atoms with van der Waals surface area (Å²) in [6, 6.07) is 0. The van der Waals surface area contributed by atoms with Crippen LogP contribution in [0.15, 0.2) is 12.4 Å². The van der Waals surface area contributed by atoms with Gasteiger partial charge in [0.05, 0.1) is 0 Å². The van der Waals surface area contributed by atoms with Crippen molar-refractivity contribution in [3.05, 3.63) is 23.5 Å². The standard InChI is InChI=1S/C6H9N3O2S/c7-12(10,11)9-3-5-1-8-2-6(5)4-9/h1-2,8H,3-4H2,(H2,7,10,11). The molecule has 2 heterocycles. The van der Waals surface area contributed by atoms with Gasteiger partial charge >= 0.3 is 0 Å². The minimum atomic E-state index is -3.52. The number of nitrogens with one attached hydrogen (secondary N) is 1. The van der Waals surface area contributed by atoms with Crippen molar-refractivity contribution in [2.24, 2.45) is 5.14 Å². The number of rotatable bonds is 1. The largest absolute Gasteiger partial charge is 0.367 e. The van der Waals surface area contributed by atoms with Crippen LogP contribution in [0.25, 0.3) is 0 Å². The number of nitrogens with zero attached hydrogens (tertiary/aromatic N) is 1. The highest BCUT2D eigenvalue weighted by Crippen LogP contribution is 2.22. The molecule has 0 aromatic carbocycles. The number of hydrogen-bond donors (Lipinski definition) is 2. The second kappa shape index (κ2) is 2.32. The Morgan fingerprint density at radius 2 is 1.83 bits per heavy atom. The van der Waals surface area contributed by atoms with Gasteiger partial charge in [0, 0.05) is 25.5 Å². The maximum absolute atomic E-state index is 10.9. The minimum absolute atomic E-state index is 0.387. The van der Waals surface area contributed by atoms with Gasteiger partial charge in [0.15, 0.2) is 0 Å². The number of aromatic nitrogens is 1. The van der Waals surface area contributed by atoms with Gasteiger partial charge in [0.25, 0.3) is 10.2 Å². The fourth-order valence-corrected chi connectivity index (χ4v) is 1.98. The molecule has 5 nitrogen and oxygen atoms in total. The van der Waals surface area contributed by atoms with E-state index in [9.17, 15) is 8.42 Å². The normalized spacial score (nSPS) is 18.1. The molecule has 0 spiro atoms. The summed E-state index contributed by atoms with van der Waals surface area (Å²) in [7, 11) is -3.52. The summed E-state index contributed by atoms with van der Waals surface area (Å²) >= 11 is 0. The van der Waals surface area contributed by atoms with Crippen molar-refractivity contribution in [2.45, 2.75) is 13.1 Å². The Labute approximate surface area is 70.4 Å². The second-order valence-electron chi connectivity index (χ2n) is 2.82. The summed E-state index contributed by atoms with van der Waals surface area (Å²) in [6.45, 7) is 0.773. The van der Waals surface area contributed by atoms with Crippen molar-refractivity contribution < 1.29 is 8.42 Å². The van der Waals surface area contributed by atoms with E-state index in [0.717, 1.165) is 11.1 Å². The van der Waals surface area contributed by atoms with E-state index in [1.807, 2.05) is 0 Å². The molecule has 0 saturated heterocycles. The average molecular weight is 187 g/mol. The molecular weight excluding hydrogens is 178 g/mol. The highest BCUT2D eigenvalue weighted by Gasteiger charge is 2.26. The lowest BCUT2D eigenvalue weighted by molar-refractivity contribution is 0.431. The molecule has 66 valence electrons. The molecule has 0 aliphatic carbocycles. The summed E-state index contributed by atoms with van der Waals surface area (Å²) in [5, 5.41) is 4.97. The van der Waals surface area contributed by atoms with Crippen molar-refractivity contribution in [1.82, 2.24) is 9.29 Å². The molecule has 3 N–H and O–H groups in total. The van der Waals surface area contributed by atoms with Crippen LogP contribution in [0.1, 0.15) is 11.1 Å². The minimum Gasteiger partial charge on any atom is -0.367 e. The molecule has 1 aromatic heterocycles. The molecule has 0 saturated carbocycles. The zero-order valence-corrected chi connectivity index (χ0v) is 7.13. The number of H-pyrrole nitrogens is 1. The van der Waals surface area contributed by atoms with E-state index in [1.165, 1.54) is 4.31 Å². The first-order valence-electron chi connectivity index (χ1n) is 3.50. The molecule has 0 fully saturated rings. The van der Waals surface area contributed by atoms with Gasteiger partial charge < -0.3 is 4.98 Å². The van der Waals surface area contributed by atoms with Crippen molar-refractivity contribution in [1.29, 1.82) is 0 Å². The molecule has 1 aliphatic rings. The van der Waals surface area contributed by atoms with Crippen LogP contribution in [0.5, 0.6) is 0 Å². The maximum atomic E-state index is 10.9. The summed E-state index contributed by atoms with van der Waals surface area (Å²) in [5.41, 5.74) is 2.01. The molecule has 0 amide bonds. The molecular formula is C6H9N3O2S. The molecule has 1 aliphatic heterocycles. The van der Waals surface area contributed by atoms with E-state index in [4.69, 9.17) is 5.14 Å². The first-order valence-corrected chi connectivity index (χ1v) is 5.00. The number of aromatic amines is 1. The second-order valence-corrected chi connectivity index (χ2v) is 4.37. The summed E-state index contributed by atoms with van der Waals surface area (Å²) in [5.74, 6) is 0. The fraction of sp³-hybridized carbons (Fsp3) is 0.333. The molecule has 0 bridgehead atoms. The summed E-state index contributed by atoms with van der Waals surface area (Å²) in [6.07, 6.45) is 3.58. The highest BCUT2D eigenvalue weighted by molar-refractivity contribution is 7.86. The Kier molecular flexibility index (Phi) is 1.50. The molecule has 6 heteroatoms. The van der Waals surface area contributed by atoms with E-state index >= 15 is 0 Å². The lowest BCUT2D eigenvalue weighted by atomic mass is 10.2. The van der Waals surface area contributed by atoms with Gasteiger partial charge in [0.2, 0.25) is 0 Å². The third-order valence-electron chi connectivity index (χ3n) is 1.98. The zero-order valence-electron chi connectivity index (χ0n) is 6.32. The summed E-state index contributed by atoms with van der Waals surface area (Å²) in [4.78, 5) is 2.91. The third kappa shape index (κ3) is 1.13. The van der Waals surface area contributed by atoms with Gasteiger partial charge in [0.1, 0.15) is 0 Å². The Hall–Kier alpha value is -0.850. The van der Waals surface area contributed by atoms with E-state index < -0.39 is 10.2 Å². The van der Waals surface area contributed by atoms with Gasteiger partial charge in [-0.15, -0.1) is 0 Å². The molecule has 12 heavy (non-hydrogen) atoms. The van der Waals surface area contributed by atoms with Crippen LogP contribution < -0.4 is 5.14 Å². The van der Waals surface area contributed by atoms with Gasteiger partial charge in [-0.1, -0.05) is 0 Å². The monoisotopic (exact) mass is 187 g/mol. The van der Waals surface area contributed by atoms with Crippen LogP contribution in [0.4, 0.5) is 0 Å². The number of hydrogen-bond acceptors (Lipinski definition) is 2. The number of fused-ring (bicyclic) bond motifs is 1. The van der Waals surface area contributed by atoms with Crippen molar-refractivity contribution in [3.8, 4) is 0 Å². The van der Waals surface area contributed by atoms with E-state index in [1.54, 1.807) is 12.4 Å². The zero-order chi connectivity index (χ0) is 8.77. The molecule has 2 rings (SSSR count). The van der Waals surface area contributed by atoms with Crippen molar-refractivity contribution in [2.75, 3.05) is 0 Å². The first-order chi connectivity index (χ1) is 5.57. The van der Waals surface area contributed by atoms with Crippen molar-refractivity contribution in [3.63, 3.8) is 0 Å². The maximum Gasteiger partial charge on any atom is 0.277 e. The summed E-state index contributed by atoms with van der Waals surface area (Å²) < 4.78 is 23.0. The molecule has 0 radical (unpaired) electrons. The van der Waals surface area contributed by atoms with Crippen molar-refractivity contribution >= 4 is 10.2 Å². The quantitative estimate of drug-likeness (QED) is 0.623. The topological polar surface area (TPSA) is 79.2 Å². The SMILES string of the molecule is NS(=O)(=O)N1Cc2c[nH]cc2C1. The van der Waals surface area contributed by atoms with E-state index in [2.05, 4.69) is 4.98 Å². The van der Waals surface area contributed by atoms with Crippen LogP contribution in [-0.2, 0) is 23.3 Å². The predicted molar refractivity (Wildman–Crippen MR) is 43.1 cm³/mol. The predicted octanol–water partition coefficient (Wildman–Crippen LogP) is -0.466. The fourth-order valence-electron chi connectivity index (χ4n) is 1.34. The van der Waals surface area contributed by atoms with Gasteiger partial charge in [-0.25, -0.2) is 5.14 Å². The lowest BCUT2D eigenvalue weighted by Gasteiger charge is -2.10. The van der Waals surface area contributed by atoms with Gasteiger partial charge in [-0.05, 0) is 11.1 Å². The van der Waals surface area contributed by atoms with Crippen LogP contribution >= 0.6 is 0 Å². The van der Waals surface area contributed by atoms with E-state index in [-0.39, 0.29) is 0 Å². The average Bonchev–Trinajstić information content (AvgIpc) is 2.37. The Balaban J connectivity index is 2.29. The van der Waals surface area contributed by atoms with Gasteiger partial charge in [-0.2, -0.15) is 12.7 Å². The lowest BCUT2D eigenvalue weighted by Crippen LogP contribution is -2.32.